The van der Waals surface area contributed by atoms with Crippen LogP contribution in [0.5, 0.6) is 11.5 Å². The summed E-state index contributed by atoms with van der Waals surface area (Å²) < 4.78 is 19.0. The van der Waals surface area contributed by atoms with Crippen molar-refractivity contribution in [3.05, 3.63) is 52.8 Å². The van der Waals surface area contributed by atoms with Gasteiger partial charge in [0.2, 0.25) is 5.91 Å². The number of aromatic hydroxyl groups is 1. The molecule has 2 amide bonds. The lowest BCUT2D eigenvalue weighted by Crippen LogP contribution is -2.40. The number of ether oxygens (including phenoxy) is 1. The van der Waals surface area contributed by atoms with Crippen molar-refractivity contribution < 1.29 is 23.8 Å². The highest BCUT2D eigenvalue weighted by Crippen LogP contribution is 2.39. The number of rotatable bonds is 16. The number of hydrogen-bond donors (Lipinski definition) is 3. The van der Waals surface area contributed by atoms with E-state index < -0.39 is 0 Å². The molecular formula is C31H44FN3O4. The van der Waals surface area contributed by atoms with E-state index in [9.17, 15) is 19.1 Å². The van der Waals surface area contributed by atoms with Crippen molar-refractivity contribution in [1.82, 2.24) is 10.2 Å². The second kappa shape index (κ2) is 15.5. The average molecular weight is 542 g/mol. The molecule has 39 heavy (non-hydrogen) atoms. The summed E-state index contributed by atoms with van der Waals surface area (Å²) in [6, 6.07) is 8.84. The zero-order valence-corrected chi connectivity index (χ0v) is 23.7. The Balaban J connectivity index is 1.43. The number of anilines is 1. The largest absolute Gasteiger partial charge is 0.506 e. The molecule has 3 N–H and O–H groups in total. The maximum absolute atomic E-state index is 13.5. The highest BCUT2D eigenvalue weighted by atomic mass is 19.1. The van der Waals surface area contributed by atoms with Crippen LogP contribution in [0.2, 0.25) is 0 Å². The molecule has 0 fully saturated rings. The number of halogens is 1. The van der Waals surface area contributed by atoms with E-state index in [2.05, 4.69) is 24.5 Å². The fourth-order valence-electron chi connectivity index (χ4n) is 4.99. The lowest BCUT2D eigenvalue weighted by atomic mass is 10.0. The van der Waals surface area contributed by atoms with Crippen molar-refractivity contribution in [2.45, 2.75) is 84.6 Å². The zero-order chi connectivity index (χ0) is 28.2. The third-order valence-electron chi connectivity index (χ3n) is 7.33. The Kier molecular flexibility index (Phi) is 12.1. The molecular weight excluding hydrogens is 497 g/mol. The van der Waals surface area contributed by atoms with E-state index in [1.165, 1.54) is 6.07 Å². The van der Waals surface area contributed by atoms with E-state index in [0.717, 1.165) is 75.6 Å². The Morgan fingerprint density at radius 1 is 1.15 bits per heavy atom. The fourth-order valence-corrected chi connectivity index (χ4v) is 4.99. The van der Waals surface area contributed by atoms with E-state index in [4.69, 9.17) is 4.74 Å². The van der Waals surface area contributed by atoms with Crippen molar-refractivity contribution in [1.29, 1.82) is 0 Å². The van der Waals surface area contributed by atoms with Crippen LogP contribution in [0.1, 0.15) is 75.5 Å². The molecule has 3 rings (SSSR count). The van der Waals surface area contributed by atoms with E-state index in [1.807, 2.05) is 23.1 Å². The second-order valence-corrected chi connectivity index (χ2v) is 10.5. The van der Waals surface area contributed by atoms with Crippen LogP contribution in [0.3, 0.4) is 0 Å². The average Bonchev–Trinajstić information content (AvgIpc) is 2.92. The first kappa shape index (κ1) is 30.4. The number of unbranched alkanes of at least 4 members (excludes halogenated alkanes) is 3. The molecule has 0 aliphatic carbocycles. The number of phenols is 1. The van der Waals surface area contributed by atoms with Crippen LogP contribution < -0.4 is 15.4 Å². The summed E-state index contributed by atoms with van der Waals surface area (Å²) >= 11 is 0. The van der Waals surface area contributed by atoms with Gasteiger partial charge in [-0.25, -0.2) is 4.39 Å². The molecule has 8 heteroatoms. The molecule has 1 aliphatic rings. The molecule has 0 saturated carbocycles. The first-order chi connectivity index (χ1) is 18.8. The molecule has 0 radical (unpaired) electrons. The number of nitrogens with zero attached hydrogens (tertiary/aromatic N) is 1. The molecule has 1 heterocycles. The van der Waals surface area contributed by atoms with Crippen molar-refractivity contribution in [2.75, 3.05) is 31.6 Å². The van der Waals surface area contributed by atoms with Crippen LogP contribution in [-0.4, -0.2) is 54.1 Å². The van der Waals surface area contributed by atoms with Crippen molar-refractivity contribution in [3.63, 3.8) is 0 Å². The molecule has 2 aromatic carbocycles. The first-order valence-electron chi connectivity index (χ1n) is 14.3. The van der Waals surface area contributed by atoms with Gasteiger partial charge in [-0.1, -0.05) is 44.4 Å². The maximum atomic E-state index is 13.5. The summed E-state index contributed by atoms with van der Waals surface area (Å²) in [4.78, 5) is 26.8. The summed E-state index contributed by atoms with van der Waals surface area (Å²) in [6.07, 6.45) is 8.04. The third-order valence-corrected chi connectivity index (χ3v) is 7.33. The Labute approximate surface area is 232 Å². The summed E-state index contributed by atoms with van der Waals surface area (Å²) in [5, 5.41) is 16.1. The molecule has 2 aromatic rings. The minimum absolute atomic E-state index is 0.0112. The number of nitrogens with one attached hydrogen (secondary N) is 2. The Bertz CT molecular complexity index is 1110. The standard InChI is InChI=1S/C31H44FN3O4/c1-4-5-9-23(3)35(29(38)16-18-33-17-15-24-11-13-26(32)22(2)20-24)19-8-6-7-10-25-12-14-27(36)30-31(25)39-21-28(37)34-30/h11-14,20,23,33,36H,4-10,15-19,21H2,1-3H3,(H,34,37)/t23-/m1/s1. The number of amides is 2. The summed E-state index contributed by atoms with van der Waals surface area (Å²) in [5.74, 6) is 0.298. The van der Waals surface area contributed by atoms with Crippen LogP contribution >= 0.6 is 0 Å². The van der Waals surface area contributed by atoms with Crippen LogP contribution in [-0.2, 0) is 22.4 Å². The summed E-state index contributed by atoms with van der Waals surface area (Å²) in [7, 11) is 0. The summed E-state index contributed by atoms with van der Waals surface area (Å²) in [6.45, 7) is 8.15. The number of fused-ring (bicyclic) bond motifs is 1. The molecule has 214 valence electrons. The quantitative estimate of drug-likeness (QED) is 0.193. The number of benzene rings is 2. The number of carbonyl (C=O) groups excluding carboxylic acids is 2. The van der Waals surface area contributed by atoms with Gasteiger partial charge in [-0.05, 0) is 81.3 Å². The third kappa shape index (κ3) is 9.24. The van der Waals surface area contributed by atoms with Gasteiger partial charge in [0.05, 0.1) is 0 Å². The highest BCUT2D eigenvalue weighted by Gasteiger charge is 2.23. The predicted molar refractivity (Wildman–Crippen MR) is 153 cm³/mol. The van der Waals surface area contributed by atoms with Crippen LogP contribution in [0.15, 0.2) is 30.3 Å². The van der Waals surface area contributed by atoms with Gasteiger partial charge in [0.1, 0.15) is 17.3 Å². The van der Waals surface area contributed by atoms with Gasteiger partial charge >= 0.3 is 0 Å². The van der Waals surface area contributed by atoms with Gasteiger partial charge < -0.3 is 25.4 Å². The number of carbonyl (C=O) groups is 2. The lowest BCUT2D eigenvalue weighted by molar-refractivity contribution is -0.133. The molecule has 7 nitrogen and oxygen atoms in total. The van der Waals surface area contributed by atoms with Gasteiger partial charge in [-0.3, -0.25) is 9.59 Å². The Morgan fingerprint density at radius 2 is 1.97 bits per heavy atom. The Morgan fingerprint density at radius 3 is 2.74 bits per heavy atom. The van der Waals surface area contributed by atoms with Gasteiger partial charge in [0, 0.05) is 25.6 Å². The Hall–Kier alpha value is -3.13. The van der Waals surface area contributed by atoms with E-state index in [1.54, 1.807) is 13.0 Å². The van der Waals surface area contributed by atoms with Crippen LogP contribution in [0.4, 0.5) is 10.1 Å². The molecule has 0 bridgehead atoms. The maximum Gasteiger partial charge on any atom is 0.262 e. The topological polar surface area (TPSA) is 90.9 Å². The number of hydrogen-bond acceptors (Lipinski definition) is 5. The van der Waals surface area contributed by atoms with Crippen molar-refractivity contribution in [3.8, 4) is 11.5 Å². The van der Waals surface area contributed by atoms with Gasteiger partial charge in [-0.15, -0.1) is 0 Å². The predicted octanol–water partition coefficient (Wildman–Crippen LogP) is 5.51. The van der Waals surface area contributed by atoms with Crippen molar-refractivity contribution >= 4 is 17.5 Å². The minimum atomic E-state index is -0.268. The van der Waals surface area contributed by atoms with Crippen molar-refractivity contribution in [2.24, 2.45) is 0 Å². The molecule has 0 aromatic heterocycles. The zero-order valence-electron chi connectivity index (χ0n) is 23.7. The first-order valence-corrected chi connectivity index (χ1v) is 14.3. The minimum Gasteiger partial charge on any atom is -0.506 e. The molecule has 0 spiro atoms. The van der Waals surface area contributed by atoms with Gasteiger partial charge in [0.25, 0.3) is 5.91 Å². The van der Waals surface area contributed by atoms with Gasteiger partial charge in [-0.2, -0.15) is 0 Å². The monoisotopic (exact) mass is 541 g/mol. The van der Waals surface area contributed by atoms with Crippen LogP contribution in [0, 0.1) is 12.7 Å². The smallest absolute Gasteiger partial charge is 0.262 e. The number of aryl methyl sites for hydroxylation is 2. The fraction of sp³-hybridized carbons (Fsp3) is 0.548. The van der Waals surface area contributed by atoms with E-state index in [0.29, 0.717) is 30.0 Å². The lowest BCUT2D eigenvalue weighted by Gasteiger charge is -2.30. The molecule has 1 atom stereocenters. The SMILES string of the molecule is CCCC[C@@H](C)N(CCCCCc1ccc(O)c2c1OCC(=O)N2)C(=O)CCNCCc1ccc(F)c(C)c1. The van der Waals surface area contributed by atoms with Crippen LogP contribution in [0.25, 0.3) is 0 Å². The highest BCUT2D eigenvalue weighted by molar-refractivity contribution is 5.97. The van der Waals surface area contributed by atoms with Gasteiger partial charge in [0.15, 0.2) is 12.4 Å². The molecule has 1 aliphatic heterocycles. The van der Waals surface area contributed by atoms with E-state index >= 15 is 0 Å². The van der Waals surface area contributed by atoms with E-state index in [-0.39, 0.29) is 36.0 Å². The second-order valence-electron chi connectivity index (χ2n) is 10.5. The number of phenolic OH excluding ortho intramolecular Hbond substituents is 1. The molecule has 0 saturated heterocycles. The normalized spacial score (nSPS) is 13.4. The molecule has 0 unspecified atom stereocenters. The summed E-state index contributed by atoms with van der Waals surface area (Å²) in [5.41, 5.74) is 3.07.